The number of nitrogens with one attached hydrogen (secondary N) is 1. The third kappa shape index (κ3) is 4.58. The number of hydrogen-bond donors (Lipinski definition) is 1. The van der Waals surface area contributed by atoms with Crippen molar-refractivity contribution < 1.29 is 0 Å². The van der Waals surface area contributed by atoms with Crippen LogP contribution in [0.25, 0.3) is 0 Å². The molecule has 0 bridgehead atoms. The van der Waals surface area contributed by atoms with Crippen LogP contribution in [0.1, 0.15) is 18.4 Å². The van der Waals surface area contributed by atoms with Crippen LogP contribution in [0.5, 0.6) is 0 Å². The van der Waals surface area contributed by atoms with E-state index in [-0.39, 0.29) is 0 Å². The SMILES string of the molecule is C=CCCCNCc1ccc(Br)cc1. The van der Waals surface area contributed by atoms with Gasteiger partial charge in [-0.3, -0.25) is 0 Å². The second-order valence-electron chi connectivity index (χ2n) is 3.23. The lowest BCUT2D eigenvalue weighted by atomic mass is 10.2. The summed E-state index contributed by atoms with van der Waals surface area (Å²) in [5.74, 6) is 0. The van der Waals surface area contributed by atoms with E-state index in [1.807, 2.05) is 6.08 Å². The molecule has 1 aromatic rings. The molecule has 2 heteroatoms. The predicted molar refractivity (Wildman–Crippen MR) is 65.3 cm³/mol. The molecule has 0 unspecified atom stereocenters. The number of unbranched alkanes of at least 4 members (excludes halogenated alkanes) is 1. The Bertz CT molecular complexity index is 266. The molecule has 1 rings (SSSR count). The average Bonchev–Trinajstić information content (AvgIpc) is 2.21. The molecule has 1 aromatic carbocycles. The summed E-state index contributed by atoms with van der Waals surface area (Å²) in [4.78, 5) is 0. The van der Waals surface area contributed by atoms with E-state index in [2.05, 4.69) is 52.1 Å². The van der Waals surface area contributed by atoms with Gasteiger partial charge in [0.05, 0.1) is 0 Å². The number of rotatable bonds is 6. The molecule has 0 atom stereocenters. The molecular formula is C12H16BrN. The second-order valence-corrected chi connectivity index (χ2v) is 4.15. The van der Waals surface area contributed by atoms with Gasteiger partial charge in [0.1, 0.15) is 0 Å². The highest BCUT2D eigenvalue weighted by Gasteiger charge is 1.91. The van der Waals surface area contributed by atoms with Gasteiger partial charge in [-0.05, 0) is 37.1 Å². The Morgan fingerprint density at radius 3 is 2.64 bits per heavy atom. The maximum Gasteiger partial charge on any atom is 0.0205 e. The van der Waals surface area contributed by atoms with Crippen LogP contribution in [-0.2, 0) is 6.54 Å². The van der Waals surface area contributed by atoms with Gasteiger partial charge >= 0.3 is 0 Å². The lowest BCUT2D eigenvalue weighted by molar-refractivity contribution is 0.655. The van der Waals surface area contributed by atoms with Gasteiger partial charge in [0, 0.05) is 11.0 Å². The Balaban J connectivity index is 2.18. The zero-order valence-electron chi connectivity index (χ0n) is 8.30. The molecule has 0 saturated carbocycles. The van der Waals surface area contributed by atoms with Gasteiger partial charge in [-0.25, -0.2) is 0 Å². The molecule has 0 heterocycles. The topological polar surface area (TPSA) is 12.0 Å². The lowest BCUT2D eigenvalue weighted by Crippen LogP contribution is -2.14. The third-order valence-electron chi connectivity index (χ3n) is 2.00. The lowest BCUT2D eigenvalue weighted by Gasteiger charge is -2.03. The number of benzene rings is 1. The van der Waals surface area contributed by atoms with Crippen molar-refractivity contribution in [1.29, 1.82) is 0 Å². The van der Waals surface area contributed by atoms with Crippen molar-refractivity contribution in [2.24, 2.45) is 0 Å². The van der Waals surface area contributed by atoms with E-state index >= 15 is 0 Å². The number of hydrogen-bond acceptors (Lipinski definition) is 1. The van der Waals surface area contributed by atoms with Gasteiger partial charge < -0.3 is 5.32 Å². The van der Waals surface area contributed by atoms with E-state index in [4.69, 9.17) is 0 Å². The zero-order chi connectivity index (χ0) is 10.2. The highest BCUT2D eigenvalue weighted by Crippen LogP contribution is 2.10. The van der Waals surface area contributed by atoms with E-state index in [9.17, 15) is 0 Å². The molecule has 0 aliphatic carbocycles. The molecule has 76 valence electrons. The summed E-state index contributed by atoms with van der Waals surface area (Å²) in [5.41, 5.74) is 1.33. The first-order chi connectivity index (χ1) is 6.83. The summed E-state index contributed by atoms with van der Waals surface area (Å²) in [5, 5.41) is 3.39. The summed E-state index contributed by atoms with van der Waals surface area (Å²) in [7, 11) is 0. The van der Waals surface area contributed by atoms with Crippen molar-refractivity contribution in [3.05, 3.63) is 47.0 Å². The first kappa shape index (κ1) is 11.5. The van der Waals surface area contributed by atoms with Crippen LogP contribution in [0.15, 0.2) is 41.4 Å². The van der Waals surface area contributed by atoms with Crippen LogP contribution >= 0.6 is 15.9 Å². The van der Waals surface area contributed by atoms with Gasteiger partial charge in [0.2, 0.25) is 0 Å². The normalized spacial score (nSPS) is 10.1. The Morgan fingerprint density at radius 1 is 1.29 bits per heavy atom. The smallest absolute Gasteiger partial charge is 0.0205 e. The highest BCUT2D eigenvalue weighted by molar-refractivity contribution is 9.10. The van der Waals surface area contributed by atoms with Crippen molar-refractivity contribution in [3.63, 3.8) is 0 Å². The Kier molecular flexibility index (Phi) is 5.57. The highest BCUT2D eigenvalue weighted by atomic mass is 79.9. The molecule has 14 heavy (non-hydrogen) atoms. The summed E-state index contributed by atoms with van der Waals surface area (Å²) in [6.45, 7) is 5.70. The van der Waals surface area contributed by atoms with E-state index in [1.54, 1.807) is 0 Å². The molecule has 0 aliphatic rings. The van der Waals surface area contributed by atoms with Crippen LogP contribution in [0.4, 0.5) is 0 Å². The van der Waals surface area contributed by atoms with Crippen LogP contribution in [-0.4, -0.2) is 6.54 Å². The maximum absolute atomic E-state index is 3.69. The van der Waals surface area contributed by atoms with Gasteiger partial charge in [0.15, 0.2) is 0 Å². The van der Waals surface area contributed by atoms with Gasteiger partial charge in [-0.15, -0.1) is 6.58 Å². The second kappa shape index (κ2) is 6.80. The van der Waals surface area contributed by atoms with E-state index in [1.165, 1.54) is 12.0 Å². The standard InChI is InChI=1S/C12H16BrN/c1-2-3-4-9-14-10-11-5-7-12(13)8-6-11/h2,5-8,14H,1,3-4,9-10H2. The molecule has 0 radical (unpaired) electrons. The Labute approximate surface area is 94.3 Å². The van der Waals surface area contributed by atoms with Crippen molar-refractivity contribution >= 4 is 15.9 Å². The minimum atomic E-state index is 0.949. The summed E-state index contributed by atoms with van der Waals surface area (Å²) < 4.78 is 1.13. The minimum Gasteiger partial charge on any atom is -0.313 e. The number of allylic oxidation sites excluding steroid dienone is 1. The zero-order valence-corrected chi connectivity index (χ0v) is 9.89. The molecule has 1 nitrogen and oxygen atoms in total. The van der Waals surface area contributed by atoms with Gasteiger partial charge in [0.25, 0.3) is 0 Å². The molecule has 0 saturated heterocycles. The van der Waals surface area contributed by atoms with Crippen LogP contribution in [0.2, 0.25) is 0 Å². The Morgan fingerprint density at radius 2 is 2.00 bits per heavy atom. The summed E-state index contributed by atoms with van der Waals surface area (Å²) >= 11 is 3.42. The van der Waals surface area contributed by atoms with E-state index in [0.29, 0.717) is 0 Å². The summed E-state index contributed by atoms with van der Waals surface area (Å²) in [6, 6.07) is 8.40. The molecule has 0 spiro atoms. The molecule has 0 fully saturated rings. The van der Waals surface area contributed by atoms with Crippen molar-refractivity contribution in [1.82, 2.24) is 5.32 Å². The predicted octanol–water partition coefficient (Wildman–Crippen LogP) is 3.50. The van der Waals surface area contributed by atoms with Crippen molar-refractivity contribution in [2.45, 2.75) is 19.4 Å². The first-order valence-electron chi connectivity index (χ1n) is 4.89. The first-order valence-corrected chi connectivity index (χ1v) is 5.68. The van der Waals surface area contributed by atoms with Gasteiger partial charge in [-0.2, -0.15) is 0 Å². The van der Waals surface area contributed by atoms with Crippen molar-refractivity contribution in [3.8, 4) is 0 Å². The largest absolute Gasteiger partial charge is 0.313 e. The quantitative estimate of drug-likeness (QED) is 0.605. The Hall–Kier alpha value is -0.600. The molecule has 0 aliphatic heterocycles. The van der Waals surface area contributed by atoms with Gasteiger partial charge in [-0.1, -0.05) is 34.1 Å². The molecule has 0 aromatic heterocycles. The fourth-order valence-corrected chi connectivity index (χ4v) is 1.47. The monoisotopic (exact) mass is 253 g/mol. The average molecular weight is 254 g/mol. The van der Waals surface area contributed by atoms with E-state index in [0.717, 1.165) is 24.0 Å². The molecule has 1 N–H and O–H groups in total. The maximum atomic E-state index is 3.69. The summed E-state index contributed by atoms with van der Waals surface area (Å²) in [6.07, 6.45) is 4.22. The fourth-order valence-electron chi connectivity index (χ4n) is 1.21. The third-order valence-corrected chi connectivity index (χ3v) is 2.53. The van der Waals surface area contributed by atoms with Crippen LogP contribution in [0, 0.1) is 0 Å². The number of halogens is 1. The molecule has 0 amide bonds. The van der Waals surface area contributed by atoms with Crippen molar-refractivity contribution in [2.75, 3.05) is 6.54 Å². The minimum absolute atomic E-state index is 0.949. The fraction of sp³-hybridized carbons (Fsp3) is 0.333. The van der Waals surface area contributed by atoms with E-state index < -0.39 is 0 Å². The molecular weight excluding hydrogens is 238 g/mol. The van der Waals surface area contributed by atoms with Crippen LogP contribution in [0.3, 0.4) is 0 Å². The van der Waals surface area contributed by atoms with Crippen LogP contribution < -0.4 is 5.32 Å².